The first-order chi connectivity index (χ1) is 8.88. The minimum atomic E-state index is -4.92. The molecule has 0 saturated heterocycles. The van der Waals surface area contributed by atoms with E-state index in [0.29, 0.717) is 5.69 Å². The molecule has 2 aromatic rings. The lowest BCUT2D eigenvalue weighted by Gasteiger charge is -2.06. The van der Waals surface area contributed by atoms with E-state index in [1.54, 1.807) is 29.6 Å². The van der Waals surface area contributed by atoms with Gasteiger partial charge in [0.25, 0.3) is 0 Å². The Morgan fingerprint density at radius 3 is 2.47 bits per heavy atom. The maximum atomic E-state index is 12.2. The highest BCUT2D eigenvalue weighted by atomic mass is 19.4. The topological polar surface area (TPSA) is 46.9 Å². The second-order valence-electron chi connectivity index (χ2n) is 3.86. The van der Waals surface area contributed by atoms with Gasteiger partial charge in [0.05, 0.1) is 5.69 Å². The molecule has 1 aromatic heterocycles. The fraction of sp³-hybridized carbons (Fsp3) is 0.167. The Hall–Kier alpha value is -2.31. The first-order valence-corrected chi connectivity index (χ1v) is 5.35. The summed E-state index contributed by atoms with van der Waals surface area (Å²) in [7, 11) is 1.46. The summed E-state index contributed by atoms with van der Waals surface area (Å²) >= 11 is 0. The number of hydrogen-bond donors (Lipinski definition) is 1. The van der Waals surface area contributed by atoms with Crippen molar-refractivity contribution in [3.8, 4) is 11.3 Å². The highest BCUT2D eigenvalue weighted by molar-refractivity contribution is 5.94. The van der Waals surface area contributed by atoms with Crippen LogP contribution in [0.5, 0.6) is 0 Å². The zero-order chi connectivity index (χ0) is 14.0. The molecule has 1 aromatic carbocycles. The van der Waals surface area contributed by atoms with Gasteiger partial charge in [0.2, 0.25) is 0 Å². The number of nitrogens with zero attached hydrogens (tertiary/aromatic N) is 2. The van der Waals surface area contributed by atoms with Gasteiger partial charge in [-0.3, -0.25) is 9.48 Å². The number of anilines is 1. The summed E-state index contributed by atoms with van der Waals surface area (Å²) in [4.78, 5) is 10.9. The average Bonchev–Trinajstić information content (AvgIpc) is 2.71. The molecule has 1 amide bonds. The van der Waals surface area contributed by atoms with E-state index < -0.39 is 12.1 Å². The third kappa shape index (κ3) is 2.93. The van der Waals surface area contributed by atoms with Gasteiger partial charge in [0, 0.05) is 18.7 Å². The molecular weight excluding hydrogens is 259 g/mol. The highest BCUT2D eigenvalue weighted by Crippen LogP contribution is 2.23. The molecule has 0 aliphatic rings. The van der Waals surface area contributed by atoms with Crippen LogP contribution in [0.1, 0.15) is 0 Å². The molecule has 0 radical (unpaired) electrons. The van der Waals surface area contributed by atoms with E-state index in [9.17, 15) is 18.0 Å². The normalized spacial score (nSPS) is 11.4. The van der Waals surface area contributed by atoms with E-state index in [0.717, 1.165) is 5.56 Å². The SMILES string of the molecule is Cn1nc(-c2ccccc2)cc1NC(=O)C(F)(F)F. The summed E-state index contributed by atoms with van der Waals surface area (Å²) in [6.45, 7) is 0. The van der Waals surface area contributed by atoms with Gasteiger partial charge in [-0.05, 0) is 0 Å². The lowest BCUT2D eigenvalue weighted by atomic mass is 10.2. The van der Waals surface area contributed by atoms with Crippen molar-refractivity contribution in [1.82, 2.24) is 9.78 Å². The summed E-state index contributed by atoms with van der Waals surface area (Å²) in [6.07, 6.45) is -4.92. The van der Waals surface area contributed by atoms with Crippen molar-refractivity contribution in [2.45, 2.75) is 6.18 Å². The molecule has 0 unspecified atom stereocenters. The van der Waals surface area contributed by atoms with E-state index in [2.05, 4.69) is 5.10 Å². The van der Waals surface area contributed by atoms with Crippen LogP contribution in [0.25, 0.3) is 11.3 Å². The van der Waals surface area contributed by atoms with Gasteiger partial charge < -0.3 is 5.32 Å². The number of hydrogen-bond acceptors (Lipinski definition) is 2. The van der Waals surface area contributed by atoms with Gasteiger partial charge >= 0.3 is 12.1 Å². The molecule has 1 heterocycles. The maximum Gasteiger partial charge on any atom is 0.471 e. The van der Waals surface area contributed by atoms with Crippen LogP contribution in [0.15, 0.2) is 36.4 Å². The first-order valence-electron chi connectivity index (χ1n) is 5.35. The van der Waals surface area contributed by atoms with Gasteiger partial charge in [0.1, 0.15) is 5.82 Å². The number of amides is 1. The summed E-state index contributed by atoms with van der Waals surface area (Å²) in [5, 5.41) is 5.83. The highest BCUT2D eigenvalue weighted by Gasteiger charge is 2.39. The van der Waals surface area contributed by atoms with Crippen LogP contribution >= 0.6 is 0 Å². The van der Waals surface area contributed by atoms with Gasteiger partial charge in [-0.2, -0.15) is 18.3 Å². The largest absolute Gasteiger partial charge is 0.471 e. The van der Waals surface area contributed by atoms with Crippen molar-refractivity contribution in [2.24, 2.45) is 7.05 Å². The zero-order valence-corrected chi connectivity index (χ0v) is 9.90. The minimum Gasteiger partial charge on any atom is -0.303 e. The number of benzene rings is 1. The summed E-state index contributed by atoms with van der Waals surface area (Å²) < 4.78 is 37.7. The number of alkyl halides is 3. The molecule has 1 N–H and O–H groups in total. The van der Waals surface area contributed by atoms with Crippen molar-refractivity contribution in [3.63, 3.8) is 0 Å². The smallest absolute Gasteiger partial charge is 0.303 e. The summed E-state index contributed by atoms with van der Waals surface area (Å²) in [5.41, 5.74) is 1.24. The van der Waals surface area contributed by atoms with E-state index in [1.807, 2.05) is 6.07 Å². The molecule has 0 fully saturated rings. The molecule has 0 atom stereocenters. The quantitative estimate of drug-likeness (QED) is 0.910. The van der Waals surface area contributed by atoms with Crippen molar-refractivity contribution in [1.29, 1.82) is 0 Å². The number of aromatic nitrogens is 2. The minimum absolute atomic E-state index is 0.0128. The molecule has 4 nitrogen and oxygen atoms in total. The van der Waals surface area contributed by atoms with Gasteiger partial charge in [-0.15, -0.1) is 0 Å². The van der Waals surface area contributed by atoms with Crippen LogP contribution in [0.3, 0.4) is 0 Å². The Morgan fingerprint density at radius 1 is 1.26 bits per heavy atom. The lowest BCUT2D eigenvalue weighted by Crippen LogP contribution is -2.30. The van der Waals surface area contributed by atoms with Crippen molar-refractivity contribution in [3.05, 3.63) is 36.4 Å². The predicted molar refractivity (Wildman–Crippen MR) is 63.3 cm³/mol. The number of halogens is 3. The Bertz CT molecular complexity index is 590. The Labute approximate surface area is 106 Å². The van der Waals surface area contributed by atoms with Gasteiger partial charge in [0.15, 0.2) is 0 Å². The number of carbonyl (C=O) groups is 1. The Balaban J connectivity index is 2.25. The van der Waals surface area contributed by atoms with Crippen molar-refractivity contribution < 1.29 is 18.0 Å². The van der Waals surface area contributed by atoms with Crippen molar-refractivity contribution >= 4 is 11.7 Å². The second kappa shape index (κ2) is 4.75. The number of carbonyl (C=O) groups excluding carboxylic acids is 1. The Kier molecular flexibility index (Phi) is 3.28. The molecule has 0 aliphatic heterocycles. The third-order valence-corrected chi connectivity index (χ3v) is 2.45. The molecular formula is C12H10F3N3O. The lowest BCUT2D eigenvalue weighted by molar-refractivity contribution is -0.167. The third-order valence-electron chi connectivity index (χ3n) is 2.45. The molecule has 19 heavy (non-hydrogen) atoms. The monoisotopic (exact) mass is 269 g/mol. The van der Waals surface area contributed by atoms with E-state index >= 15 is 0 Å². The zero-order valence-electron chi connectivity index (χ0n) is 9.90. The van der Waals surface area contributed by atoms with Crippen molar-refractivity contribution in [2.75, 3.05) is 5.32 Å². The number of rotatable bonds is 2. The first kappa shape index (κ1) is 13.1. The molecule has 2 rings (SSSR count). The van der Waals surface area contributed by atoms with Gasteiger partial charge in [-0.25, -0.2) is 0 Å². The van der Waals surface area contributed by atoms with Crippen LogP contribution < -0.4 is 5.32 Å². The standard InChI is InChI=1S/C12H10F3N3O/c1-18-10(16-11(19)12(13,14)15)7-9(17-18)8-5-3-2-4-6-8/h2-7H,1H3,(H,16,19). The van der Waals surface area contributed by atoms with Crippen LogP contribution in [0.4, 0.5) is 19.0 Å². The summed E-state index contributed by atoms with van der Waals surface area (Å²) in [5.74, 6) is -2.03. The van der Waals surface area contributed by atoms with E-state index in [-0.39, 0.29) is 5.82 Å². The second-order valence-corrected chi connectivity index (χ2v) is 3.86. The Morgan fingerprint density at radius 2 is 1.89 bits per heavy atom. The van der Waals surface area contributed by atoms with Crippen LogP contribution in [0, 0.1) is 0 Å². The van der Waals surface area contributed by atoms with E-state index in [4.69, 9.17) is 0 Å². The molecule has 7 heteroatoms. The fourth-order valence-corrected chi connectivity index (χ4v) is 1.52. The summed E-state index contributed by atoms with van der Waals surface area (Å²) in [6, 6.07) is 10.3. The fourth-order valence-electron chi connectivity index (χ4n) is 1.52. The number of aryl methyl sites for hydroxylation is 1. The molecule has 100 valence electrons. The molecule has 0 bridgehead atoms. The van der Waals surface area contributed by atoms with Crippen LogP contribution in [-0.4, -0.2) is 21.9 Å². The van der Waals surface area contributed by atoms with Gasteiger partial charge in [-0.1, -0.05) is 30.3 Å². The van der Waals surface area contributed by atoms with Crippen LogP contribution in [0.2, 0.25) is 0 Å². The van der Waals surface area contributed by atoms with E-state index in [1.165, 1.54) is 17.8 Å². The number of nitrogens with one attached hydrogen (secondary N) is 1. The van der Waals surface area contributed by atoms with Crippen LogP contribution in [-0.2, 0) is 11.8 Å². The molecule has 0 aliphatic carbocycles. The molecule has 0 spiro atoms. The maximum absolute atomic E-state index is 12.2. The average molecular weight is 269 g/mol. The predicted octanol–water partition coefficient (Wildman–Crippen LogP) is 2.59. The molecule has 0 saturated carbocycles.